The lowest BCUT2D eigenvalue weighted by molar-refractivity contribution is -0.124. The Hall–Kier alpha value is -3.48. The van der Waals surface area contributed by atoms with Gasteiger partial charge in [0.15, 0.2) is 0 Å². The molecule has 156 valence electrons. The van der Waals surface area contributed by atoms with Crippen molar-refractivity contribution in [1.82, 2.24) is 15.5 Å². The van der Waals surface area contributed by atoms with Crippen LogP contribution in [0, 0.1) is 0 Å². The molecule has 0 aliphatic carbocycles. The molecule has 0 radical (unpaired) electrons. The van der Waals surface area contributed by atoms with E-state index in [-0.39, 0.29) is 18.5 Å². The summed E-state index contributed by atoms with van der Waals surface area (Å²) >= 11 is 0. The number of nitrogens with zero attached hydrogens (tertiary/aromatic N) is 1. The van der Waals surface area contributed by atoms with Gasteiger partial charge in [0.1, 0.15) is 6.04 Å². The summed E-state index contributed by atoms with van der Waals surface area (Å²) in [7, 11) is 0. The van der Waals surface area contributed by atoms with Crippen LogP contribution in [0.4, 0.5) is 0 Å². The van der Waals surface area contributed by atoms with Crippen LogP contribution >= 0.6 is 0 Å². The lowest BCUT2D eigenvalue weighted by atomic mass is 10.1. The first-order chi connectivity index (χ1) is 14.3. The maximum Gasteiger partial charge on any atom is 0.262 e. The van der Waals surface area contributed by atoms with Crippen LogP contribution in [0.2, 0.25) is 0 Å². The average molecular weight is 407 g/mol. The Bertz CT molecular complexity index is 966. The summed E-state index contributed by atoms with van der Waals surface area (Å²) < 4.78 is 0. The summed E-state index contributed by atoms with van der Waals surface area (Å²) in [5, 5.41) is 5.65. The Morgan fingerprint density at radius 2 is 1.60 bits per heavy atom. The first-order valence-corrected chi connectivity index (χ1v) is 9.98. The van der Waals surface area contributed by atoms with E-state index >= 15 is 0 Å². The van der Waals surface area contributed by atoms with Crippen molar-refractivity contribution in [3.8, 4) is 0 Å². The number of imide groups is 1. The van der Waals surface area contributed by atoms with Gasteiger partial charge < -0.3 is 10.6 Å². The second-order valence-corrected chi connectivity index (χ2v) is 7.40. The van der Waals surface area contributed by atoms with E-state index in [0.29, 0.717) is 16.7 Å². The molecular formula is C23H25N3O4. The monoisotopic (exact) mass is 407 g/mol. The summed E-state index contributed by atoms with van der Waals surface area (Å²) in [6.45, 7) is 5.62. The van der Waals surface area contributed by atoms with Gasteiger partial charge in [0, 0.05) is 18.2 Å². The lowest BCUT2D eigenvalue weighted by Crippen LogP contribution is -2.47. The molecule has 1 heterocycles. The van der Waals surface area contributed by atoms with E-state index in [0.717, 1.165) is 16.9 Å². The molecule has 2 aromatic carbocycles. The molecule has 0 spiro atoms. The molecule has 0 fully saturated rings. The fourth-order valence-electron chi connectivity index (χ4n) is 3.25. The first-order valence-electron chi connectivity index (χ1n) is 9.98. The molecule has 0 aromatic heterocycles. The molecule has 2 N–H and O–H groups in total. The van der Waals surface area contributed by atoms with Gasteiger partial charge in [-0.2, -0.15) is 0 Å². The molecule has 2 atom stereocenters. The van der Waals surface area contributed by atoms with Crippen LogP contribution in [0.3, 0.4) is 0 Å². The molecule has 0 saturated carbocycles. The molecule has 7 heteroatoms. The van der Waals surface area contributed by atoms with Crippen LogP contribution in [0.25, 0.3) is 0 Å². The minimum Gasteiger partial charge on any atom is -0.350 e. The lowest BCUT2D eigenvalue weighted by Gasteiger charge is -2.21. The van der Waals surface area contributed by atoms with Crippen LogP contribution in [0.5, 0.6) is 0 Å². The van der Waals surface area contributed by atoms with Crippen LogP contribution in [0.15, 0.2) is 48.5 Å². The molecule has 30 heavy (non-hydrogen) atoms. The number of hydrogen-bond donors (Lipinski definition) is 2. The van der Waals surface area contributed by atoms with Crippen molar-refractivity contribution in [1.29, 1.82) is 0 Å². The van der Waals surface area contributed by atoms with Gasteiger partial charge in [-0.15, -0.1) is 0 Å². The maximum atomic E-state index is 12.6. The van der Waals surface area contributed by atoms with Gasteiger partial charge in [0.2, 0.25) is 5.91 Å². The van der Waals surface area contributed by atoms with Crippen molar-refractivity contribution in [2.75, 3.05) is 0 Å². The average Bonchev–Trinajstić information content (AvgIpc) is 3.02. The molecule has 2 aromatic rings. The third kappa shape index (κ3) is 4.25. The highest BCUT2D eigenvalue weighted by Crippen LogP contribution is 2.24. The standard InChI is InChI=1S/C23H25N3O4/c1-4-14(2)25-21(28)17-9-7-8-16(12-17)13-24-20(27)15(3)26-22(29)18-10-5-6-11-19(18)23(26)30/h5-12,14-15H,4,13H2,1-3H3,(H,24,27)(H,25,28). The maximum absolute atomic E-state index is 12.6. The normalized spacial score (nSPS) is 14.8. The Kier molecular flexibility index (Phi) is 6.30. The first kappa shape index (κ1) is 21.2. The number of carbonyl (C=O) groups is 4. The highest BCUT2D eigenvalue weighted by Gasteiger charge is 2.40. The number of carbonyl (C=O) groups excluding carboxylic acids is 4. The molecule has 4 amide bonds. The molecule has 0 bridgehead atoms. The summed E-state index contributed by atoms with van der Waals surface area (Å²) in [5.41, 5.74) is 1.87. The minimum absolute atomic E-state index is 0.0707. The van der Waals surface area contributed by atoms with Crippen LogP contribution < -0.4 is 10.6 Å². The van der Waals surface area contributed by atoms with E-state index < -0.39 is 23.8 Å². The number of rotatable bonds is 7. The number of amides is 4. The Morgan fingerprint density at radius 3 is 2.20 bits per heavy atom. The van der Waals surface area contributed by atoms with E-state index in [2.05, 4.69) is 10.6 Å². The Morgan fingerprint density at radius 1 is 0.967 bits per heavy atom. The van der Waals surface area contributed by atoms with E-state index in [1.807, 2.05) is 13.8 Å². The largest absolute Gasteiger partial charge is 0.350 e. The quantitative estimate of drug-likeness (QED) is 0.690. The van der Waals surface area contributed by atoms with Crippen LogP contribution in [-0.4, -0.2) is 40.6 Å². The summed E-state index contributed by atoms with van der Waals surface area (Å²) in [4.78, 5) is 51.0. The van der Waals surface area contributed by atoms with Crippen molar-refractivity contribution in [3.05, 3.63) is 70.8 Å². The van der Waals surface area contributed by atoms with Gasteiger partial charge in [-0.25, -0.2) is 0 Å². The summed E-state index contributed by atoms with van der Waals surface area (Å²) in [6.07, 6.45) is 0.831. The molecular weight excluding hydrogens is 382 g/mol. The second kappa shape index (κ2) is 8.90. The van der Waals surface area contributed by atoms with Gasteiger partial charge in [-0.3, -0.25) is 24.1 Å². The number of hydrogen-bond acceptors (Lipinski definition) is 4. The molecule has 2 unspecified atom stereocenters. The highest BCUT2D eigenvalue weighted by molar-refractivity contribution is 6.22. The van der Waals surface area contributed by atoms with Crippen LogP contribution in [-0.2, 0) is 11.3 Å². The second-order valence-electron chi connectivity index (χ2n) is 7.40. The fraction of sp³-hybridized carbons (Fsp3) is 0.304. The SMILES string of the molecule is CCC(C)NC(=O)c1cccc(CNC(=O)C(C)N2C(=O)c3ccccc3C2=O)c1. The minimum atomic E-state index is -0.950. The van der Waals surface area contributed by atoms with E-state index in [1.54, 1.807) is 48.5 Å². The smallest absolute Gasteiger partial charge is 0.262 e. The zero-order chi connectivity index (χ0) is 21.8. The Labute approximate surface area is 175 Å². The van der Waals surface area contributed by atoms with Gasteiger partial charge in [-0.1, -0.05) is 31.2 Å². The number of fused-ring (bicyclic) bond motifs is 1. The van der Waals surface area contributed by atoms with Gasteiger partial charge >= 0.3 is 0 Å². The predicted molar refractivity (Wildman–Crippen MR) is 112 cm³/mol. The van der Waals surface area contributed by atoms with Crippen molar-refractivity contribution in [2.45, 2.75) is 45.8 Å². The highest BCUT2D eigenvalue weighted by atomic mass is 16.2. The summed E-state index contributed by atoms with van der Waals surface area (Å²) in [6, 6.07) is 12.6. The summed E-state index contributed by atoms with van der Waals surface area (Å²) in [5.74, 6) is -1.56. The predicted octanol–water partition coefficient (Wildman–Crippen LogP) is 2.52. The zero-order valence-corrected chi connectivity index (χ0v) is 17.3. The fourth-order valence-corrected chi connectivity index (χ4v) is 3.25. The van der Waals surface area contributed by atoms with Crippen molar-refractivity contribution < 1.29 is 19.2 Å². The van der Waals surface area contributed by atoms with Crippen molar-refractivity contribution in [3.63, 3.8) is 0 Å². The van der Waals surface area contributed by atoms with E-state index in [4.69, 9.17) is 0 Å². The molecule has 3 rings (SSSR count). The third-order valence-electron chi connectivity index (χ3n) is 5.24. The molecule has 1 aliphatic rings. The molecule has 7 nitrogen and oxygen atoms in total. The van der Waals surface area contributed by atoms with E-state index in [9.17, 15) is 19.2 Å². The van der Waals surface area contributed by atoms with E-state index in [1.165, 1.54) is 6.92 Å². The Balaban J connectivity index is 1.64. The van der Waals surface area contributed by atoms with Crippen LogP contribution in [0.1, 0.15) is 63.8 Å². The van der Waals surface area contributed by atoms with Gasteiger partial charge in [0.25, 0.3) is 17.7 Å². The van der Waals surface area contributed by atoms with Gasteiger partial charge in [0.05, 0.1) is 11.1 Å². The van der Waals surface area contributed by atoms with Gasteiger partial charge in [-0.05, 0) is 50.1 Å². The third-order valence-corrected chi connectivity index (χ3v) is 5.24. The molecule has 0 saturated heterocycles. The molecule has 1 aliphatic heterocycles. The van der Waals surface area contributed by atoms with Crippen molar-refractivity contribution in [2.24, 2.45) is 0 Å². The number of nitrogens with one attached hydrogen (secondary N) is 2. The zero-order valence-electron chi connectivity index (χ0n) is 17.3. The topological polar surface area (TPSA) is 95.6 Å². The van der Waals surface area contributed by atoms with Crippen molar-refractivity contribution >= 4 is 23.6 Å². The number of benzene rings is 2.